The molecule has 21 heavy (non-hydrogen) atoms. The molecule has 2 rings (SSSR count). The summed E-state index contributed by atoms with van der Waals surface area (Å²) in [7, 11) is 0. The topological polar surface area (TPSA) is 82.8 Å². The van der Waals surface area contributed by atoms with Crippen molar-refractivity contribution in [2.75, 3.05) is 32.8 Å². The van der Waals surface area contributed by atoms with Crippen LogP contribution in [0.25, 0.3) is 0 Å². The van der Waals surface area contributed by atoms with E-state index in [9.17, 15) is 9.90 Å². The Kier molecular flexibility index (Phi) is 5.57. The maximum Gasteiger partial charge on any atom is 0.308 e. The van der Waals surface area contributed by atoms with E-state index in [1.54, 1.807) is 6.92 Å². The summed E-state index contributed by atoms with van der Waals surface area (Å²) < 4.78 is 10.4. The van der Waals surface area contributed by atoms with Crippen molar-refractivity contribution in [1.29, 1.82) is 5.26 Å². The highest BCUT2D eigenvalue weighted by atomic mass is 16.5. The summed E-state index contributed by atoms with van der Waals surface area (Å²) in [5, 5.41) is 19.6. The predicted octanol–water partition coefficient (Wildman–Crippen LogP) is 0.695. The third-order valence-corrected chi connectivity index (χ3v) is 4.35. The number of ether oxygens (including phenoxy) is 2. The molecule has 0 bridgehead atoms. The van der Waals surface area contributed by atoms with Crippen molar-refractivity contribution in [2.45, 2.75) is 44.3 Å². The van der Waals surface area contributed by atoms with Crippen molar-refractivity contribution in [3.05, 3.63) is 0 Å². The van der Waals surface area contributed by atoms with Crippen LogP contribution in [0.5, 0.6) is 0 Å². The maximum absolute atomic E-state index is 11.7. The van der Waals surface area contributed by atoms with Crippen molar-refractivity contribution in [3.63, 3.8) is 0 Å². The predicted molar refractivity (Wildman–Crippen MR) is 75.3 cm³/mol. The molecule has 0 aromatic carbocycles. The highest BCUT2D eigenvalue weighted by molar-refractivity contribution is 5.72. The summed E-state index contributed by atoms with van der Waals surface area (Å²) in [5.74, 6) is -0.225. The SMILES string of the molecule is CCOC(=O)C1CCC(O)(CN2CCOC(C#N)C2)CC1. The summed E-state index contributed by atoms with van der Waals surface area (Å²) in [6, 6.07) is 2.11. The van der Waals surface area contributed by atoms with Crippen LogP contribution >= 0.6 is 0 Å². The zero-order chi connectivity index (χ0) is 15.3. The van der Waals surface area contributed by atoms with Gasteiger partial charge in [-0.2, -0.15) is 5.26 Å². The lowest BCUT2D eigenvalue weighted by Gasteiger charge is -2.40. The van der Waals surface area contributed by atoms with Crippen LogP contribution in [0.1, 0.15) is 32.6 Å². The first kappa shape index (κ1) is 16.2. The molecule has 1 aliphatic carbocycles. The van der Waals surface area contributed by atoms with Crippen LogP contribution in [0.2, 0.25) is 0 Å². The lowest BCUT2D eigenvalue weighted by molar-refractivity contribution is -0.151. The van der Waals surface area contributed by atoms with Crippen LogP contribution in [-0.4, -0.2) is 60.5 Å². The Morgan fingerprint density at radius 3 is 2.86 bits per heavy atom. The summed E-state index contributed by atoms with van der Waals surface area (Å²) in [4.78, 5) is 13.8. The second-order valence-corrected chi connectivity index (χ2v) is 5.97. The van der Waals surface area contributed by atoms with Gasteiger partial charge >= 0.3 is 5.97 Å². The average molecular weight is 296 g/mol. The first-order valence-electron chi connectivity index (χ1n) is 7.69. The number of aliphatic hydroxyl groups is 1. The summed E-state index contributed by atoms with van der Waals surface area (Å²) >= 11 is 0. The smallest absolute Gasteiger partial charge is 0.308 e. The lowest BCUT2D eigenvalue weighted by Crippen LogP contribution is -2.51. The van der Waals surface area contributed by atoms with Crippen molar-refractivity contribution >= 4 is 5.97 Å². The molecule has 1 aliphatic heterocycles. The summed E-state index contributed by atoms with van der Waals surface area (Å²) in [6.07, 6.45) is 2.14. The van der Waals surface area contributed by atoms with E-state index in [1.807, 2.05) is 0 Å². The standard InChI is InChI=1S/C15H24N2O4/c1-2-20-14(18)12-3-5-15(19,6-4-12)11-17-7-8-21-13(9-16)10-17/h12-13,19H,2-8,10-11H2,1H3. The van der Waals surface area contributed by atoms with Gasteiger partial charge in [-0.15, -0.1) is 0 Å². The lowest BCUT2D eigenvalue weighted by atomic mass is 9.78. The third-order valence-electron chi connectivity index (χ3n) is 4.35. The van der Waals surface area contributed by atoms with Gasteiger partial charge in [0.05, 0.1) is 30.8 Å². The Hall–Kier alpha value is -1.16. The molecule has 0 aromatic heterocycles. The number of carbonyl (C=O) groups excluding carboxylic acids is 1. The van der Waals surface area contributed by atoms with Crippen LogP contribution < -0.4 is 0 Å². The number of nitrogens with zero attached hydrogens (tertiary/aromatic N) is 2. The van der Waals surface area contributed by atoms with Gasteiger partial charge in [0.25, 0.3) is 0 Å². The van der Waals surface area contributed by atoms with Gasteiger partial charge in [-0.25, -0.2) is 0 Å². The Bertz CT molecular complexity index is 399. The Morgan fingerprint density at radius 2 is 2.24 bits per heavy atom. The van der Waals surface area contributed by atoms with Gasteiger partial charge in [0.15, 0.2) is 6.10 Å². The van der Waals surface area contributed by atoms with Crippen molar-refractivity contribution in [3.8, 4) is 6.07 Å². The van der Waals surface area contributed by atoms with Crippen LogP contribution in [0.4, 0.5) is 0 Å². The number of morpholine rings is 1. The van der Waals surface area contributed by atoms with E-state index >= 15 is 0 Å². The molecule has 1 atom stereocenters. The van der Waals surface area contributed by atoms with E-state index in [0.29, 0.717) is 52.0 Å². The average Bonchev–Trinajstić information content (AvgIpc) is 2.48. The van der Waals surface area contributed by atoms with E-state index < -0.39 is 11.7 Å². The highest BCUT2D eigenvalue weighted by Crippen LogP contribution is 2.33. The number of nitriles is 1. The summed E-state index contributed by atoms with van der Waals surface area (Å²) in [5.41, 5.74) is -0.764. The normalized spacial score (nSPS) is 34.1. The zero-order valence-electron chi connectivity index (χ0n) is 12.6. The van der Waals surface area contributed by atoms with Crippen molar-refractivity contribution in [1.82, 2.24) is 4.90 Å². The van der Waals surface area contributed by atoms with E-state index in [2.05, 4.69) is 11.0 Å². The van der Waals surface area contributed by atoms with E-state index in [0.717, 1.165) is 6.54 Å². The molecular weight excluding hydrogens is 272 g/mol. The first-order chi connectivity index (χ1) is 10.1. The number of rotatable bonds is 4. The number of β-amino-alcohol motifs (C(OH)–C–C–N with tert-alkyl or cyclic N) is 1. The molecule has 6 nitrogen and oxygen atoms in total. The Labute approximate surface area is 125 Å². The Balaban J connectivity index is 1.82. The van der Waals surface area contributed by atoms with E-state index in [1.165, 1.54) is 0 Å². The second kappa shape index (κ2) is 7.21. The minimum absolute atomic E-state index is 0.0817. The van der Waals surface area contributed by atoms with Gasteiger partial charge in [0.1, 0.15) is 0 Å². The molecule has 1 saturated heterocycles. The molecule has 0 aromatic rings. The molecule has 0 spiro atoms. The summed E-state index contributed by atoms with van der Waals surface area (Å²) in [6.45, 7) is 4.57. The molecule has 2 fully saturated rings. The van der Waals surface area contributed by atoms with Crippen molar-refractivity contribution in [2.24, 2.45) is 5.92 Å². The highest BCUT2D eigenvalue weighted by Gasteiger charge is 2.38. The monoisotopic (exact) mass is 296 g/mol. The molecule has 1 unspecified atom stereocenters. The van der Waals surface area contributed by atoms with E-state index in [-0.39, 0.29) is 11.9 Å². The van der Waals surface area contributed by atoms with Gasteiger partial charge in [-0.1, -0.05) is 0 Å². The number of esters is 1. The minimum atomic E-state index is -0.764. The Morgan fingerprint density at radius 1 is 1.52 bits per heavy atom. The third kappa shape index (κ3) is 4.40. The fraction of sp³-hybridized carbons (Fsp3) is 0.867. The number of carbonyl (C=O) groups is 1. The fourth-order valence-corrected chi connectivity index (χ4v) is 3.15. The van der Waals surface area contributed by atoms with Gasteiger partial charge in [-0.3, -0.25) is 9.69 Å². The molecule has 6 heteroatoms. The molecular formula is C15H24N2O4. The molecule has 1 saturated carbocycles. The van der Waals surface area contributed by atoms with Crippen LogP contribution in [0.15, 0.2) is 0 Å². The molecule has 2 aliphatic rings. The van der Waals surface area contributed by atoms with Gasteiger partial charge < -0.3 is 14.6 Å². The van der Waals surface area contributed by atoms with Crippen molar-refractivity contribution < 1.29 is 19.4 Å². The van der Waals surface area contributed by atoms with Crippen LogP contribution in [0.3, 0.4) is 0 Å². The molecule has 0 amide bonds. The van der Waals surface area contributed by atoms with Crippen LogP contribution in [0, 0.1) is 17.2 Å². The van der Waals surface area contributed by atoms with E-state index in [4.69, 9.17) is 14.7 Å². The van der Waals surface area contributed by atoms with Crippen LogP contribution in [-0.2, 0) is 14.3 Å². The van der Waals surface area contributed by atoms with Gasteiger partial charge in [0.2, 0.25) is 0 Å². The first-order valence-corrected chi connectivity index (χ1v) is 7.69. The maximum atomic E-state index is 11.7. The van der Waals surface area contributed by atoms with Gasteiger partial charge in [0, 0.05) is 19.6 Å². The largest absolute Gasteiger partial charge is 0.466 e. The fourth-order valence-electron chi connectivity index (χ4n) is 3.15. The quantitative estimate of drug-likeness (QED) is 0.769. The number of hydrogen-bond acceptors (Lipinski definition) is 6. The molecule has 1 N–H and O–H groups in total. The molecule has 1 heterocycles. The minimum Gasteiger partial charge on any atom is -0.466 e. The number of hydrogen-bond donors (Lipinski definition) is 1. The van der Waals surface area contributed by atoms with Gasteiger partial charge in [-0.05, 0) is 32.6 Å². The second-order valence-electron chi connectivity index (χ2n) is 5.97. The molecule has 0 radical (unpaired) electrons. The molecule has 118 valence electrons. The zero-order valence-corrected chi connectivity index (χ0v) is 12.6.